The molecule has 1 N–H and O–H groups in total. The van der Waals surface area contributed by atoms with Crippen LogP contribution in [-0.4, -0.2) is 12.6 Å². The van der Waals surface area contributed by atoms with Gasteiger partial charge in [0.25, 0.3) is 0 Å². The summed E-state index contributed by atoms with van der Waals surface area (Å²) in [5.41, 5.74) is 5.79. The van der Waals surface area contributed by atoms with E-state index in [2.05, 4.69) is 59.0 Å². The molecule has 0 aliphatic carbocycles. The number of aryl methyl sites for hydroxylation is 3. The Balaban J connectivity index is 2.86. The molecule has 0 heterocycles. The first-order valence-corrected chi connectivity index (χ1v) is 7.24. The second kappa shape index (κ2) is 6.94. The molecule has 0 aliphatic rings. The van der Waals surface area contributed by atoms with Crippen LogP contribution in [0.15, 0.2) is 12.1 Å². The van der Waals surface area contributed by atoms with Gasteiger partial charge in [-0.3, -0.25) is 0 Å². The van der Waals surface area contributed by atoms with E-state index < -0.39 is 0 Å². The molecule has 0 saturated heterocycles. The number of hydrogen-bond acceptors (Lipinski definition) is 1. The van der Waals surface area contributed by atoms with Crippen molar-refractivity contribution in [2.24, 2.45) is 5.92 Å². The highest BCUT2D eigenvalue weighted by Crippen LogP contribution is 2.20. The lowest BCUT2D eigenvalue weighted by Crippen LogP contribution is -2.32. The first-order chi connectivity index (χ1) is 8.43. The summed E-state index contributed by atoms with van der Waals surface area (Å²) >= 11 is 0. The molecule has 18 heavy (non-hydrogen) atoms. The van der Waals surface area contributed by atoms with Crippen molar-refractivity contribution >= 4 is 0 Å². The van der Waals surface area contributed by atoms with Crippen LogP contribution in [0.25, 0.3) is 0 Å². The van der Waals surface area contributed by atoms with Crippen LogP contribution in [0.2, 0.25) is 0 Å². The molecule has 0 spiro atoms. The Hall–Kier alpha value is -0.820. The minimum absolute atomic E-state index is 0.607. The molecule has 0 amide bonds. The molecule has 1 unspecified atom stereocenters. The molecule has 0 saturated carbocycles. The molecule has 102 valence electrons. The van der Waals surface area contributed by atoms with Gasteiger partial charge in [-0.15, -0.1) is 0 Å². The minimum atomic E-state index is 0.607. The summed E-state index contributed by atoms with van der Waals surface area (Å²) in [5, 5.41) is 3.63. The van der Waals surface area contributed by atoms with Crippen LogP contribution in [0.5, 0.6) is 0 Å². The minimum Gasteiger partial charge on any atom is -0.314 e. The highest BCUT2D eigenvalue weighted by atomic mass is 14.9. The molecule has 1 nitrogen and oxygen atoms in total. The third kappa shape index (κ3) is 4.45. The van der Waals surface area contributed by atoms with Crippen LogP contribution >= 0.6 is 0 Å². The number of benzene rings is 1. The number of hydrogen-bond donors (Lipinski definition) is 1. The van der Waals surface area contributed by atoms with E-state index in [-0.39, 0.29) is 0 Å². The van der Waals surface area contributed by atoms with Gasteiger partial charge in [0.1, 0.15) is 0 Å². The lowest BCUT2D eigenvalue weighted by Gasteiger charge is -2.22. The van der Waals surface area contributed by atoms with Crippen LogP contribution in [0.1, 0.15) is 49.4 Å². The van der Waals surface area contributed by atoms with Gasteiger partial charge in [0.2, 0.25) is 0 Å². The Kier molecular flexibility index (Phi) is 5.87. The molecule has 0 fully saturated rings. The number of likely N-dealkylation sites (N-methyl/N-ethyl adjacent to an activating group) is 1. The molecule has 1 heteroatoms. The third-order valence-electron chi connectivity index (χ3n) is 3.54. The second-order valence-electron chi connectivity index (χ2n) is 5.97. The van der Waals surface area contributed by atoms with E-state index in [1.807, 2.05) is 0 Å². The zero-order valence-electron chi connectivity index (χ0n) is 12.9. The molecule has 0 bridgehead atoms. The van der Waals surface area contributed by atoms with Gasteiger partial charge < -0.3 is 5.32 Å². The normalized spacial score (nSPS) is 13.1. The van der Waals surface area contributed by atoms with E-state index in [9.17, 15) is 0 Å². The number of nitrogens with one attached hydrogen (secondary N) is 1. The van der Waals surface area contributed by atoms with Gasteiger partial charge in [-0.05, 0) is 62.8 Å². The average Bonchev–Trinajstić information content (AvgIpc) is 2.22. The maximum absolute atomic E-state index is 3.63. The second-order valence-corrected chi connectivity index (χ2v) is 5.97. The fourth-order valence-corrected chi connectivity index (χ4v) is 2.87. The Morgan fingerprint density at radius 3 is 2.06 bits per heavy atom. The topological polar surface area (TPSA) is 12.0 Å². The van der Waals surface area contributed by atoms with E-state index >= 15 is 0 Å². The van der Waals surface area contributed by atoms with Gasteiger partial charge in [-0.25, -0.2) is 0 Å². The zero-order chi connectivity index (χ0) is 13.7. The predicted octanol–water partition coefficient (Wildman–Crippen LogP) is 4.18. The first kappa shape index (κ1) is 15.2. The fraction of sp³-hybridized carbons (Fsp3) is 0.647. The van der Waals surface area contributed by atoms with E-state index in [1.165, 1.54) is 28.7 Å². The molecule has 0 radical (unpaired) electrons. The van der Waals surface area contributed by atoms with Crippen molar-refractivity contribution in [3.05, 3.63) is 34.4 Å². The smallest absolute Gasteiger partial charge is 0.0110 e. The summed E-state index contributed by atoms with van der Waals surface area (Å²) in [6.45, 7) is 14.5. The molecular weight excluding hydrogens is 218 g/mol. The highest BCUT2D eigenvalue weighted by Gasteiger charge is 2.13. The zero-order valence-corrected chi connectivity index (χ0v) is 12.9. The van der Waals surface area contributed by atoms with Crippen LogP contribution in [-0.2, 0) is 6.42 Å². The quantitative estimate of drug-likeness (QED) is 0.795. The molecule has 1 aromatic rings. The Morgan fingerprint density at radius 2 is 1.61 bits per heavy atom. The largest absolute Gasteiger partial charge is 0.314 e. The lowest BCUT2D eigenvalue weighted by atomic mass is 9.91. The molecule has 1 aromatic carbocycles. The standard InChI is InChI=1S/C17H29N/c1-7-18-16(8-12(2)3)11-17-14(5)9-13(4)10-15(17)6/h9-10,12,16,18H,7-8,11H2,1-6H3. The van der Waals surface area contributed by atoms with E-state index in [4.69, 9.17) is 0 Å². The molecule has 1 rings (SSSR count). The molecule has 1 atom stereocenters. The van der Waals surface area contributed by atoms with Gasteiger partial charge >= 0.3 is 0 Å². The van der Waals surface area contributed by atoms with E-state index in [0.29, 0.717) is 6.04 Å². The predicted molar refractivity (Wildman–Crippen MR) is 81.3 cm³/mol. The summed E-state index contributed by atoms with van der Waals surface area (Å²) in [6.07, 6.45) is 2.41. The van der Waals surface area contributed by atoms with E-state index in [1.54, 1.807) is 0 Å². The van der Waals surface area contributed by atoms with Gasteiger partial charge in [-0.2, -0.15) is 0 Å². The van der Waals surface area contributed by atoms with Crippen LogP contribution < -0.4 is 5.32 Å². The molecule has 0 aromatic heterocycles. The monoisotopic (exact) mass is 247 g/mol. The fourth-order valence-electron chi connectivity index (χ4n) is 2.87. The van der Waals surface area contributed by atoms with Gasteiger partial charge in [0.15, 0.2) is 0 Å². The third-order valence-corrected chi connectivity index (χ3v) is 3.54. The maximum atomic E-state index is 3.63. The summed E-state index contributed by atoms with van der Waals surface area (Å²) in [4.78, 5) is 0. The van der Waals surface area contributed by atoms with Crippen molar-refractivity contribution in [3.8, 4) is 0 Å². The highest BCUT2D eigenvalue weighted by molar-refractivity contribution is 5.38. The van der Waals surface area contributed by atoms with Crippen molar-refractivity contribution in [1.29, 1.82) is 0 Å². The average molecular weight is 247 g/mol. The van der Waals surface area contributed by atoms with E-state index in [0.717, 1.165) is 18.9 Å². The van der Waals surface area contributed by atoms with Gasteiger partial charge in [-0.1, -0.05) is 38.5 Å². The summed E-state index contributed by atoms with van der Waals surface area (Å²) in [6, 6.07) is 5.22. The van der Waals surface area contributed by atoms with Crippen LogP contribution in [0.3, 0.4) is 0 Å². The van der Waals surface area contributed by atoms with Crippen LogP contribution in [0, 0.1) is 26.7 Å². The van der Waals surface area contributed by atoms with Gasteiger partial charge in [0.05, 0.1) is 0 Å². The summed E-state index contributed by atoms with van der Waals surface area (Å²) in [5.74, 6) is 0.750. The Morgan fingerprint density at radius 1 is 1.06 bits per heavy atom. The van der Waals surface area contributed by atoms with Crippen molar-refractivity contribution in [2.75, 3.05) is 6.54 Å². The molecular formula is C17H29N. The SMILES string of the molecule is CCNC(Cc1c(C)cc(C)cc1C)CC(C)C. The summed E-state index contributed by atoms with van der Waals surface area (Å²) in [7, 11) is 0. The lowest BCUT2D eigenvalue weighted by molar-refractivity contribution is 0.423. The van der Waals surface area contributed by atoms with Crippen molar-refractivity contribution in [1.82, 2.24) is 5.32 Å². The Bertz CT molecular complexity index is 356. The van der Waals surface area contributed by atoms with Crippen molar-refractivity contribution < 1.29 is 0 Å². The Labute approximate surface area is 113 Å². The molecule has 0 aliphatic heterocycles. The van der Waals surface area contributed by atoms with Crippen molar-refractivity contribution in [3.63, 3.8) is 0 Å². The number of rotatable bonds is 6. The first-order valence-electron chi connectivity index (χ1n) is 7.24. The maximum Gasteiger partial charge on any atom is 0.0110 e. The summed E-state index contributed by atoms with van der Waals surface area (Å²) < 4.78 is 0. The van der Waals surface area contributed by atoms with Gasteiger partial charge in [0, 0.05) is 6.04 Å². The van der Waals surface area contributed by atoms with Crippen LogP contribution in [0.4, 0.5) is 0 Å². The van der Waals surface area contributed by atoms with Crippen molar-refractivity contribution in [2.45, 2.75) is 60.4 Å².